The second kappa shape index (κ2) is 6.95. The first kappa shape index (κ1) is 17.6. The Bertz CT molecular complexity index is 894. The second-order valence-corrected chi connectivity index (χ2v) is 7.01. The van der Waals surface area contributed by atoms with Gasteiger partial charge in [0.15, 0.2) is 0 Å². The maximum absolute atomic E-state index is 14.4. The lowest BCUT2D eigenvalue weighted by Crippen LogP contribution is -2.25. The molecule has 2 aromatic rings. The lowest BCUT2D eigenvalue weighted by molar-refractivity contribution is 0.0999. The van der Waals surface area contributed by atoms with E-state index in [1.54, 1.807) is 6.07 Å². The van der Waals surface area contributed by atoms with Crippen LogP contribution in [-0.4, -0.2) is 10.9 Å². The zero-order chi connectivity index (χ0) is 18.1. The summed E-state index contributed by atoms with van der Waals surface area (Å²) in [5, 5.41) is 2.51. The van der Waals surface area contributed by atoms with E-state index in [4.69, 9.17) is 5.73 Å². The van der Waals surface area contributed by atoms with Crippen molar-refractivity contribution in [1.29, 1.82) is 0 Å². The predicted octanol–water partition coefficient (Wildman–Crippen LogP) is 3.60. The number of amides is 1. The van der Waals surface area contributed by atoms with E-state index < -0.39 is 28.8 Å². The lowest BCUT2D eigenvalue weighted by atomic mass is 10.0. The van der Waals surface area contributed by atoms with Crippen LogP contribution in [0.5, 0.6) is 0 Å². The van der Waals surface area contributed by atoms with E-state index in [9.17, 15) is 18.4 Å². The summed E-state index contributed by atoms with van der Waals surface area (Å²) < 4.78 is 28.9. The highest BCUT2D eigenvalue weighted by Crippen LogP contribution is 2.34. The van der Waals surface area contributed by atoms with Gasteiger partial charge in [-0.2, -0.15) is 4.39 Å². The Balaban J connectivity index is 2.05. The largest absolute Gasteiger partial charge is 0.365 e. The summed E-state index contributed by atoms with van der Waals surface area (Å²) in [4.78, 5) is 26.2. The van der Waals surface area contributed by atoms with Crippen LogP contribution in [0, 0.1) is 17.6 Å². The number of anilines is 2. The van der Waals surface area contributed by atoms with Crippen molar-refractivity contribution in [2.45, 2.75) is 25.7 Å². The molecule has 1 fully saturated rings. The summed E-state index contributed by atoms with van der Waals surface area (Å²) in [5.74, 6) is -2.20. The smallest absolute Gasteiger partial charge is 0.286 e. The Labute approximate surface area is 150 Å². The highest BCUT2D eigenvalue weighted by molar-refractivity contribution is 9.10. The first-order valence-corrected chi connectivity index (χ1v) is 8.62. The second-order valence-electron chi connectivity index (χ2n) is 6.09. The van der Waals surface area contributed by atoms with Crippen LogP contribution in [0.3, 0.4) is 0 Å². The minimum absolute atomic E-state index is 0.0663. The fraction of sp³-hybridized carbons (Fsp3) is 0.294. The third-order valence-corrected chi connectivity index (χ3v) is 4.67. The molecule has 1 amide bonds. The van der Waals surface area contributed by atoms with Crippen molar-refractivity contribution in [1.82, 2.24) is 4.98 Å². The number of halogens is 3. The van der Waals surface area contributed by atoms with Gasteiger partial charge in [0.25, 0.3) is 11.5 Å². The van der Waals surface area contributed by atoms with E-state index in [-0.39, 0.29) is 16.9 Å². The Morgan fingerprint density at radius 1 is 1.36 bits per heavy atom. The van der Waals surface area contributed by atoms with Crippen LogP contribution >= 0.6 is 15.9 Å². The zero-order valence-corrected chi connectivity index (χ0v) is 14.8. The SMILES string of the molecule is NC(=O)c1c(CCC2CC2)[nH]c(=O)c(F)c1Nc1ccc(Br)cc1F. The molecule has 1 saturated carbocycles. The minimum Gasteiger partial charge on any atom is -0.365 e. The maximum Gasteiger partial charge on any atom is 0.286 e. The number of H-pyrrole nitrogens is 1. The van der Waals surface area contributed by atoms with Gasteiger partial charge in [-0.15, -0.1) is 0 Å². The van der Waals surface area contributed by atoms with Crippen LogP contribution in [0.2, 0.25) is 0 Å². The van der Waals surface area contributed by atoms with Crippen molar-refractivity contribution in [3.8, 4) is 0 Å². The molecular weight excluding hydrogens is 396 g/mol. The molecule has 8 heteroatoms. The number of benzene rings is 1. The van der Waals surface area contributed by atoms with Crippen LogP contribution < -0.4 is 16.6 Å². The van der Waals surface area contributed by atoms with Gasteiger partial charge in [0.2, 0.25) is 5.82 Å². The Morgan fingerprint density at radius 3 is 2.68 bits per heavy atom. The molecule has 0 saturated heterocycles. The molecule has 0 unspecified atom stereocenters. The summed E-state index contributed by atoms with van der Waals surface area (Å²) in [6, 6.07) is 4.11. The number of primary amides is 1. The quantitative estimate of drug-likeness (QED) is 0.678. The van der Waals surface area contributed by atoms with E-state index in [2.05, 4.69) is 26.2 Å². The summed E-state index contributed by atoms with van der Waals surface area (Å²) >= 11 is 3.13. The van der Waals surface area contributed by atoms with E-state index in [0.717, 1.165) is 19.3 Å². The molecule has 1 aromatic heterocycles. The summed E-state index contributed by atoms with van der Waals surface area (Å²) in [6.07, 6.45) is 3.38. The third kappa shape index (κ3) is 3.89. The fourth-order valence-electron chi connectivity index (χ4n) is 2.69. The van der Waals surface area contributed by atoms with Crippen LogP contribution in [0.1, 0.15) is 35.3 Å². The van der Waals surface area contributed by atoms with E-state index in [1.165, 1.54) is 12.1 Å². The molecule has 5 nitrogen and oxygen atoms in total. The Morgan fingerprint density at radius 2 is 2.08 bits per heavy atom. The number of hydrogen-bond acceptors (Lipinski definition) is 3. The molecule has 0 bridgehead atoms. The van der Waals surface area contributed by atoms with Crippen molar-refractivity contribution in [2.24, 2.45) is 11.7 Å². The van der Waals surface area contributed by atoms with Gasteiger partial charge in [-0.3, -0.25) is 9.59 Å². The fourth-order valence-corrected chi connectivity index (χ4v) is 3.02. The number of aromatic nitrogens is 1. The Kier molecular flexibility index (Phi) is 4.89. The average Bonchev–Trinajstić information content (AvgIpc) is 3.36. The van der Waals surface area contributed by atoms with Crippen LogP contribution in [0.25, 0.3) is 0 Å². The first-order valence-electron chi connectivity index (χ1n) is 7.83. The molecule has 4 N–H and O–H groups in total. The van der Waals surface area contributed by atoms with Gasteiger partial charge in [-0.1, -0.05) is 28.8 Å². The summed E-state index contributed by atoms with van der Waals surface area (Å²) in [5.41, 5.74) is 4.08. The number of aromatic amines is 1. The van der Waals surface area contributed by atoms with Gasteiger partial charge in [0.1, 0.15) is 5.82 Å². The minimum atomic E-state index is -1.20. The maximum atomic E-state index is 14.4. The third-order valence-electron chi connectivity index (χ3n) is 4.17. The zero-order valence-electron chi connectivity index (χ0n) is 13.2. The Hall–Kier alpha value is -2.22. The average molecular weight is 412 g/mol. The number of nitrogens with one attached hydrogen (secondary N) is 2. The molecule has 0 spiro atoms. The molecule has 3 rings (SSSR count). The molecule has 0 radical (unpaired) electrons. The first-order chi connectivity index (χ1) is 11.9. The van der Waals surface area contributed by atoms with Gasteiger partial charge in [-0.25, -0.2) is 4.39 Å². The van der Waals surface area contributed by atoms with Crippen molar-refractivity contribution >= 4 is 33.2 Å². The predicted molar refractivity (Wildman–Crippen MR) is 94.0 cm³/mol. The highest BCUT2D eigenvalue weighted by atomic mass is 79.9. The number of nitrogens with two attached hydrogens (primary N) is 1. The monoisotopic (exact) mass is 411 g/mol. The summed E-state index contributed by atoms with van der Waals surface area (Å²) in [6.45, 7) is 0. The molecule has 1 aliphatic rings. The number of carbonyl (C=O) groups is 1. The van der Waals surface area contributed by atoms with Crippen LogP contribution in [-0.2, 0) is 6.42 Å². The van der Waals surface area contributed by atoms with Gasteiger partial charge >= 0.3 is 0 Å². The van der Waals surface area contributed by atoms with E-state index in [0.29, 0.717) is 16.8 Å². The molecule has 1 aliphatic carbocycles. The molecule has 1 aromatic carbocycles. The standard InChI is InChI=1S/C17H16BrF2N3O2/c18-9-4-6-11(10(19)7-9)22-15-13(16(21)24)12(5-3-8-1-2-8)23-17(25)14(15)20/h4,6-8H,1-3,5H2,(H2,21,24)(H2,22,23,25). The van der Waals surface area contributed by atoms with E-state index in [1.807, 2.05) is 0 Å². The summed E-state index contributed by atoms with van der Waals surface area (Å²) in [7, 11) is 0. The lowest BCUT2D eigenvalue weighted by Gasteiger charge is -2.15. The molecule has 25 heavy (non-hydrogen) atoms. The number of carbonyl (C=O) groups excluding carboxylic acids is 1. The molecule has 132 valence electrons. The van der Waals surface area contributed by atoms with Crippen molar-refractivity contribution in [2.75, 3.05) is 5.32 Å². The van der Waals surface area contributed by atoms with Crippen molar-refractivity contribution in [3.63, 3.8) is 0 Å². The molecule has 0 aliphatic heterocycles. The number of pyridine rings is 1. The van der Waals surface area contributed by atoms with Crippen molar-refractivity contribution in [3.05, 3.63) is 55.9 Å². The van der Waals surface area contributed by atoms with Crippen LogP contribution in [0.15, 0.2) is 27.5 Å². The van der Waals surface area contributed by atoms with E-state index >= 15 is 0 Å². The number of rotatable bonds is 6. The molecular formula is C17H16BrF2N3O2. The van der Waals surface area contributed by atoms with Crippen LogP contribution in [0.4, 0.5) is 20.2 Å². The number of aryl methyl sites for hydroxylation is 1. The van der Waals surface area contributed by atoms with Gasteiger partial charge in [0.05, 0.1) is 16.9 Å². The van der Waals surface area contributed by atoms with Gasteiger partial charge < -0.3 is 16.0 Å². The van der Waals surface area contributed by atoms with Gasteiger partial charge in [-0.05, 0) is 37.0 Å². The highest BCUT2D eigenvalue weighted by Gasteiger charge is 2.25. The number of hydrogen-bond donors (Lipinski definition) is 3. The molecule has 1 heterocycles. The van der Waals surface area contributed by atoms with Crippen molar-refractivity contribution < 1.29 is 13.6 Å². The normalized spacial score (nSPS) is 13.7. The topological polar surface area (TPSA) is 88.0 Å². The molecule has 0 atom stereocenters. The van der Waals surface area contributed by atoms with Gasteiger partial charge in [0, 0.05) is 10.2 Å².